The van der Waals surface area contributed by atoms with Crippen molar-refractivity contribution < 1.29 is 9.47 Å². The first-order valence-electron chi connectivity index (χ1n) is 7.47. The number of nitrogens with one attached hydrogen (secondary N) is 1. The summed E-state index contributed by atoms with van der Waals surface area (Å²) in [5.74, 6) is 0.836. The van der Waals surface area contributed by atoms with Gasteiger partial charge >= 0.3 is 0 Å². The van der Waals surface area contributed by atoms with Gasteiger partial charge in [0.1, 0.15) is 11.8 Å². The number of hydrogen-bond acceptors (Lipinski definition) is 5. The van der Waals surface area contributed by atoms with Crippen LogP contribution in [0, 0.1) is 25.2 Å². The summed E-state index contributed by atoms with van der Waals surface area (Å²) in [6.07, 6.45) is 0. The van der Waals surface area contributed by atoms with E-state index in [1.165, 1.54) is 0 Å². The highest BCUT2D eigenvalue weighted by atomic mass is 16.5. The average Bonchev–Trinajstić information content (AvgIpc) is 2.54. The zero-order valence-electron chi connectivity index (χ0n) is 13.7. The summed E-state index contributed by atoms with van der Waals surface area (Å²) in [6, 6.07) is 11.9. The molecule has 1 aromatic heterocycles. The Morgan fingerprint density at radius 2 is 1.96 bits per heavy atom. The second-order valence-corrected chi connectivity index (χ2v) is 5.21. The second kappa shape index (κ2) is 8.16. The Labute approximate surface area is 136 Å². The van der Waals surface area contributed by atoms with Crippen LogP contribution in [0.1, 0.15) is 22.5 Å². The van der Waals surface area contributed by atoms with Gasteiger partial charge in [-0.2, -0.15) is 5.26 Å². The maximum Gasteiger partial charge on any atom is 0.118 e. The van der Waals surface area contributed by atoms with Gasteiger partial charge in [0.25, 0.3) is 0 Å². The molecule has 2 aromatic rings. The fourth-order valence-corrected chi connectivity index (χ4v) is 2.28. The molecule has 1 aromatic carbocycles. The van der Waals surface area contributed by atoms with Crippen LogP contribution in [0.3, 0.4) is 0 Å². The normalized spacial score (nSPS) is 10.2. The number of methoxy groups -OCH3 is 1. The molecule has 120 valence electrons. The van der Waals surface area contributed by atoms with Crippen molar-refractivity contribution >= 4 is 5.69 Å². The van der Waals surface area contributed by atoms with Gasteiger partial charge in [-0.05, 0) is 37.6 Å². The minimum atomic E-state index is 0.547. The highest BCUT2D eigenvalue weighted by molar-refractivity contribution is 5.59. The summed E-state index contributed by atoms with van der Waals surface area (Å²) in [4.78, 5) is 4.30. The Morgan fingerprint density at radius 1 is 1.22 bits per heavy atom. The van der Waals surface area contributed by atoms with Gasteiger partial charge in [0.2, 0.25) is 0 Å². The van der Waals surface area contributed by atoms with Crippen LogP contribution in [0.5, 0.6) is 5.75 Å². The van der Waals surface area contributed by atoms with E-state index in [1.54, 1.807) is 7.11 Å². The molecule has 5 nitrogen and oxygen atoms in total. The monoisotopic (exact) mass is 311 g/mol. The SMILES string of the molecule is COc1ccc(COCCNc2cc(C)nc(C)c2C#N)cc1. The smallest absolute Gasteiger partial charge is 0.118 e. The van der Waals surface area contributed by atoms with Crippen molar-refractivity contribution in [1.82, 2.24) is 4.98 Å². The quantitative estimate of drug-likeness (QED) is 0.795. The molecule has 0 amide bonds. The molecule has 0 unspecified atom stereocenters. The number of rotatable bonds is 7. The van der Waals surface area contributed by atoms with Gasteiger partial charge in [-0.3, -0.25) is 4.98 Å². The van der Waals surface area contributed by atoms with E-state index in [2.05, 4.69) is 16.4 Å². The third-order valence-corrected chi connectivity index (χ3v) is 3.43. The molecule has 0 saturated carbocycles. The van der Waals surface area contributed by atoms with E-state index < -0.39 is 0 Å². The van der Waals surface area contributed by atoms with Gasteiger partial charge in [-0.1, -0.05) is 12.1 Å². The molecule has 0 aliphatic carbocycles. The summed E-state index contributed by atoms with van der Waals surface area (Å²) < 4.78 is 10.8. The van der Waals surface area contributed by atoms with Crippen LogP contribution in [0.15, 0.2) is 30.3 Å². The topological polar surface area (TPSA) is 67.2 Å². The van der Waals surface area contributed by atoms with Crippen LogP contribution >= 0.6 is 0 Å². The van der Waals surface area contributed by atoms with Crippen LogP contribution < -0.4 is 10.1 Å². The molecule has 0 saturated heterocycles. The lowest BCUT2D eigenvalue weighted by Crippen LogP contribution is -2.11. The lowest BCUT2D eigenvalue weighted by molar-refractivity contribution is 0.130. The van der Waals surface area contributed by atoms with Crippen molar-refractivity contribution in [2.75, 3.05) is 25.6 Å². The van der Waals surface area contributed by atoms with E-state index in [1.807, 2.05) is 44.2 Å². The molecule has 2 rings (SSSR count). The highest BCUT2D eigenvalue weighted by Crippen LogP contribution is 2.18. The molecule has 0 radical (unpaired) electrons. The molecule has 0 atom stereocenters. The zero-order valence-corrected chi connectivity index (χ0v) is 13.7. The largest absolute Gasteiger partial charge is 0.497 e. The highest BCUT2D eigenvalue weighted by Gasteiger charge is 2.07. The molecule has 1 heterocycles. The number of nitrogens with zero attached hydrogens (tertiary/aromatic N) is 2. The molecule has 1 N–H and O–H groups in total. The average molecular weight is 311 g/mol. The van der Waals surface area contributed by atoms with Gasteiger partial charge in [0, 0.05) is 12.2 Å². The number of aryl methyl sites for hydroxylation is 2. The van der Waals surface area contributed by atoms with E-state index in [0.717, 1.165) is 28.4 Å². The summed E-state index contributed by atoms with van der Waals surface area (Å²) in [7, 11) is 1.65. The Hall–Kier alpha value is -2.58. The standard InChI is InChI=1S/C18H21N3O2/c1-13-10-18(17(11-19)14(2)21-13)20-8-9-23-12-15-4-6-16(22-3)7-5-15/h4-7,10H,8-9,12H2,1-3H3,(H,20,21). The molecular formula is C18H21N3O2. The minimum Gasteiger partial charge on any atom is -0.497 e. The number of hydrogen-bond donors (Lipinski definition) is 1. The lowest BCUT2D eigenvalue weighted by atomic mass is 10.1. The maximum absolute atomic E-state index is 9.21. The van der Waals surface area contributed by atoms with Gasteiger partial charge in [0.15, 0.2) is 0 Å². The molecule has 0 aliphatic rings. The predicted molar refractivity (Wildman–Crippen MR) is 89.6 cm³/mol. The molecular weight excluding hydrogens is 290 g/mol. The van der Waals surface area contributed by atoms with Crippen LogP contribution in [0.4, 0.5) is 5.69 Å². The second-order valence-electron chi connectivity index (χ2n) is 5.21. The van der Waals surface area contributed by atoms with Gasteiger partial charge in [-0.25, -0.2) is 0 Å². The predicted octanol–water partition coefficient (Wildman–Crippen LogP) is 3.21. The van der Waals surface area contributed by atoms with Gasteiger partial charge in [-0.15, -0.1) is 0 Å². The summed E-state index contributed by atoms with van der Waals surface area (Å²) in [5, 5.41) is 12.5. The van der Waals surface area contributed by atoms with Crippen molar-refractivity contribution in [2.45, 2.75) is 20.5 Å². The summed E-state index contributed by atoms with van der Waals surface area (Å²) in [5.41, 5.74) is 4.13. The number of anilines is 1. The van der Waals surface area contributed by atoms with Crippen molar-refractivity contribution in [3.8, 4) is 11.8 Å². The van der Waals surface area contributed by atoms with E-state index in [0.29, 0.717) is 25.3 Å². The van der Waals surface area contributed by atoms with E-state index in [4.69, 9.17) is 9.47 Å². The van der Waals surface area contributed by atoms with E-state index >= 15 is 0 Å². The molecule has 5 heteroatoms. The van der Waals surface area contributed by atoms with Crippen LogP contribution in [-0.2, 0) is 11.3 Å². The number of benzene rings is 1. The Bertz CT molecular complexity index is 691. The van der Waals surface area contributed by atoms with Crippen molar-refractivity contribution in [2.24, 2.45) is 0 Å². The number of nitriles is 1. The Kier molecular flexibility index (Phi) is 5.95. The van der Waals surface area contributed by atoms with Crippen LogP contribution in [0.2, 0.25) is 0 Å². The fourth-order valence-electron chi connectivity index (χ4n) is 2.28. The van der Waals surface area contributed by atoms with Crippen LogP contribution in [-0.4, -0.2) is 25.2 Å². The number of aromatic nitrogens is 1. The molecule has 0 aliphatic heterocycles. The molecule has 23 heavy (non-hydrogen) atoms. The molecule has 0 bridgehead atoms. The minimum absolute atomic E-state index is 0.547. The third kappa shape index (κ3) is 4.70. The van der Waals surface area contributed by atoms with Gasteiger partial charge in [0.05, 0.1) is 37.3 Å². The first kappa shape index (κ1) is 16.8. The first-order chi connectivity index (χ1) is 11.1. The third-order valence-electron chi connectivity index (χ3n) is 3.43. The van der Waals surface area contributed by atoms with Crippen molar-refractivity contribution in [3.05, 3.63) is 52.8 Å². The Morgan fingerprint density at radius 3 is 2.61 bits per heavy atom. The molecule has 0 fully saturated rings. The zero-order chi connectivity index (χ0) is 16.7. The fraction of sp³-hybridized carbons (Fsp3) is 0.333. The summed E-state index contributed by atoms with van der Waals surface area (Å²) in [6.45, 7) is 5.49. The maximum atomic E-state index is 9.21. The Balaban J connectivity index is 1.80. The number of pyridine rings is 1. The molecule has 0 spiro atoms. The van der Waals surface area contributed by atoms with Crippen molar-refractivity contribution in [1.29, 1.82) is 5.26 Å². The van der Waals surface area contributed by atoms with Crippen molar-refractivity contribution in [3.63, 3.8) is 0 Å². The first-order valence-corrected chi connectivity index (χ1v) is 7.47. The lowest BCUT2D eigenvalue weighted by Gasteiger charge is -2.11. The van der Waals surface area contributed by atoms with E-state index in [-0.39, 0.29) is 0 Å². The van der Waals surface area contributed by atoms with E-state index in [9.17, 15) is 5.26 Å². The number of ether oxygens (including phenoxy) is 2. The summed E-state index contributed by atoms with van der Waals surface area (Å²) >= 11 is 0. The van der Waals surface area contributed by atoms with Crippen LogP contribution in [0.25, 0.3) is 0 Å². The van der Waals surface area contributed by atoms with Gasteiger partial charge < -0.3 is 14.8 Å².